The van der Waals surface area contributed by atoms with E-state index < -0.39 is 35.7 Å². The van der Waals surface area contributed by atoms with Crippen molar-refractivity contribution in [1.82, 2.24) is 4.90 Å². The third-order valence-electron chi connectivity index (χ3n) is 6.16. The van der Waals surface area contributed by atoms with Crippen molar-refractivity contribution in [2.24, 2.45) is 0 Å². The molecule has 3 nitrogen and oxygen atoms in total. The predicted octanol–water partition coefficient (Wildman–Crippen LogP) is 4.99. The van der Waals surface area contributed by atoms with Crippen LogP contribution in [0.4, 0.5) is 22.0 Å². The van der Waals surface area contributed by atoms with E-state index in [1.807, 2.05) is 6.07 Å². The predicted molar refractivity (Wildman–Crippen MR) is 93.6 cm³/mol. The minimum absolute atomic E-state index is 0.152. The van der Waals surface area contributed by atoms with E-state index in [9.17, 15) is 26.7 Å². The van der Waals surface area contributed by atoms with Gasteiger partial charge in [0.2, 0.25) is 5.92 Å². The molecule has 1 aromatic rings. The minimum atomic E-state index is -4.91. The molecule has 1 saturated heterocycles. The molecule has 156 valence electrons. The molecular weight excluding hydrogens is 401 g/mol. The molecule has 0 bridgehead atoms. The molecule has 1 aromatic heterocycles. The van der Waals surface area contributed by atoms with Gasteiger partial charge in [0, 0.05) is 53.4 Å². The van der Waals surface area contributed by atoms with Gasteiger partial charge >= 0.3 is 12.1 Å². The fourth-order valence-corrected chi connectivity index (χ4v) is 6.50. The summed E-state index contributed by atoms with van der Waals surface area (Å²) in [7, 11) is 0. The number of carbonyl (C=O) groups excluding carboxylic acids is 1. The van der Waals surface area contributed by atoms with Gasteiger partial charge in [0.1, 0.15) is 5.60 Å². The summed E-state index contributed by atoms with van der Waals surface area (Å²) in [4.78, 5) is 14.6. The fourth-order valence-electron chi connectivity index (χ4n) is 5.03. The second-order valence-corrected chi connectivity index (χ2v) is 9.46. The van der Waals surface area contributed by atoms with Gasteiger partial charge in [-0.25, -0.2) is 8.78 Å². The van der Waals surface area contributed by atoms with E-state index in [0.717, 1.165) is 20.2 Å². The highest BCUT2D eigenvalue weighted by atomic mass is 32.1. The molecule has 0 N–H and O–H groups in total. The SMILES string of the molecule is C[C@@H]1CC2(C[C@H](C)N1C(=O)C(F)(F)F)OCCc1cc(C3CC(F)(F)C3)sc12. The molecule has 0 radical (unpaired) electrons. The lowest BCUT2D eigenvalue weighted by atomic mass is 9.78. The first-order valence-electron chi connectivity index (χ1n) is 9.46. The summed E-state index contributed by atoms with van der Waals surface area (Å²) >= 11 is 1.46. The van der Waals surface area contributed by atoms with Crippen LogP contribution in [-0.4, -0.2) is 41.6 Å². The highest BCUT2D eigenvalue weighted by Crippen LogP contribution is 2.54. The maximum absolute atomic E-state index is 13.3. The van der Waals surface area contributed by atoms with Crippen LogP contribution in [0.2, 0.25) is 0 Å². The first-order valence-corrected chi connectivity index (χ1v) is 10.3. The second-order valence-electron chi connectivity index (χ2n) is 8.37. The molecule has 1 unspecified atom stereocenters. The number of alkyl halides is 5. The van der Waals surface area contributed by atoms with Crippen LogP contribution in [0.1, 0.15) is 60.8 Å². The van der Waals surface area contributed by atoms with Crippen molar-refractivity contribution in [3.05, 3.63) is 21.4 Å². The number of fused-ring (bicyclic) bond motifs is 2. The van der Waals surface area contributed by atoms with Crippen molar-refractivity contribution in [3.8, 4) is 0 Å². The third-order valence-corrected chi connectivity index (χ3v) is 7.69. The largest absolute Gasteiger partial charge is 0.471 e. The van der Waals surface area contributed by atoms with Crippen LogP contribution < -0.4 is 0 Å². The Labute approximate surface area is 163 Å². The van der Waals surface area contributed by atoms with Gasteiger partial charge in [-0.05, 0) is 31.9 Å². The molecule has 9 heteroatoms. The second kappa shape index (κ2) is 6.39. The molecule has 3 heterocycles. The molecule has 3 aliphatic rings. The first kappa shape index (κ1) is 20.1. The number of likely N-dealkylation sites (tertiary alicyclic amines) is 1. The first-order chi connectivity index (χ1) is 12.9. The van der Waals surface area contributed by atoms with Crippen LogP contribution in [0, 0.1) is 0 Å². The molecule has 28 heavy (non-hydrogen) atoms. The highest BCUT2D eigenvalue weighted by Gasteiger charge is 2.54. The number of nitrogens with zero attached hydrogens (tertiary/aromatic N) is 1. The molecule has 4 rings (SSSR count). The van der Waals surface area contributed by atoms with Crippen molar-refractivity contribution in [2.75, 3.05) is 6.61 Å². The Morgan fingerprint density at radius 1 is 1.18 bits per heavy atom. The summed E-state index contributed by atoms with van der Waals surface area (Å²) in [6.07, 6.45) is -4.00. The zero-order valence-corrected chi connectivity index (χ0v) is 16.4. The maximum atomic E-state index is 13.3. The molecular formula is C19H22F5NO2S. The number of hydrogen-bond acceptors (Lipinski definition) is 3. The normalized spacial score (nSPS) is 32.9. The number of halogens is 5. The van der Waals surface area contributed by atoms with Gasteiger partial charge in [0.05, 0.1) is 6.61 Å². The number of hydrogen-bond donors (Lipinski definition) is 0. The molecule has 3 atom stereocenters. The Morgan fingerprint density at radius 3 is 2.32 bits per heavy atom. The van der Waals surface area contributed by atoms with E-state index in [0.29, 0.717) is 13.0 Å². The Kier molecular flexibility index (Phi) is 4.58. The average Bonchev–Trinajstić information content (AvgIpc) is 2.96. The lowest BCUT2D eigenvalue weighted by molar-refractivity contribution is -0.199. The van der Waals surface area contributed by atoms with E-state index in [2.05, 4.69) is 0 Å². The van der Waals surface area contributed by atoms with Gasteiger partial charge in [-0.15, -0.1) is 11.3 Å². The van der Waals surface area contributed by atoms with Crippen molar-refractivity contribution >= 4 is 17.2 Å². The van der Waals surface area contributed by atoms with E-state index in [-0.39, 0.29) is 31.6 Å². The number of amides is 1. The Morgan fingerprint density at radius 2 is 1.79 bits per heavy atom. The number of rotatable bonds is 1. The van der Waals surface area contributed by atoms with Crippen molar-refractivity contribution in [2.45, 2.75) is 81.7 Å². The molecule has 1 aliphatic carbocycles. The van der Waals surface area contributed by atoms with E-state index in [1.54, 1.807) is 13.8 Å². The molecule has 0 aromatic carbocycles. The number of ether oxygens (including phenoxy) is 1. The van der Waals surface area contributed by atoms with Gasteiger partial charge in [-0.2, -0.15) is 13.2 Å². The van der Waals surface area contributed by atoms with Gasteiger partial charge in [-0.3, -0.25) is 4.79 Å². The van der Waals surface area contributed by atoms with Crippen molar-refractivity contribution < 1.29 is 31.5 Å². The quantitative estimate of drug-likeness (QED) is 0.596. The van der Waals surface area contributed by atoms with Crippen LogP contribution in [0.3, 0.4) is 0 Å². The highest BCUT2D eigenvalue weighted by molar-refractivity contribution is 7.12. The Hall–Kier alpha value is -1.22. The van der Waals surface area contributed by atoms with Crippen LogP contribution in [0.5, 0.6) is 0 Å². The molecule has 1 saturated carbocycles. The van der Waals surface area contributed by atoms with Crippen LogP contribution in [0.15, 0.2) is 6.07 Å². The molecule has 2 fully saturated rings. The topological polar surface area (TPSA) is 29.5 Å². The summed E-state index contributed by atoms with van der Waals surface area (Å²) in [5.41, 5.74) is 0.306. The zero-order valence-electron chi connectivity index (χ0n) is 15.6. The minimum Gasteiger partial charge on any atom is -0.369 e. The maximum Gasteiger partial charge on any atom is 0.471 e. The van der Waals surface area contributed by atoms with Gasteiger partial charge in [-0.1, -0.05) is 0 Å². The summed E-state index contributed by atoms with van der Waals surface area (Å²) in [5.74, 6) is -4.58. The summed E-state index contributed by atoms with van der Waals surface area (Å²) < 4.78 is 71.6. The Balaban J connectivity index is 1.61. The zero-order chi connectivity index (χ0) is 20.5. The van der Waals surface area contributed by atoms with Gasteiger partial charge in [0.25, 0.3) is 0 Å². The smallest absolute Gasteiger partial charge is 0.369 e. The molecule has 1 amide bonds. The van der Waals surface area contributed by atoms with Gasteiger partial charge < -0.3 is 9.64 Å². The van der Waals surface area contributed by atoms with Crippen LogP contribution in [-0.2, 0) is 21.6 Å². The summed E-state index contributed by atoms with van der Waals surface area (Å²) in [6.45, 7) is 3.66. The van der Waals surface area contributed by atoms with Crippen LogP contribution >= 0.6 is 11.3 Å². The summed E-state index contributed by atoms with van der Waals surface area (Å²) in [5, 5.41) is 0. The van der Waals surface area contributed by atoms with Crippen molar-refractivity contribution in [3.63, 3.8) is 0 Å². The van der Waals surface area contributed by atoms with E-state index in [1.165, 1.54) is 11.3 Å². The average molecular weight is 423 g/mol. The van der Waals surface area contributed by atoms with Crippen LogP contribution in [0.25, 0.3) is 0 Å². The monoisotopic (exact) mass is 423 g/mol. The number of thiophene rings is 1. The lowest BCUT2D eigenvalue weighted by Crippen LogP contribution is -2.59. The number of piperidine rings is 1. The molecule has 2 aliphatic heterocycles. The Bertz CT molecular complexity index is 770. The lowest BCUT2D eigenvalue weighted by Gasteiger charge is -2.50. The third kappa shape index (κ3) is 3.24. The van der Waals surface area contributed by atoms with E-state index in [4.69, 9.17) is 4.74 Å². The van der Waals surface area contributed by atoms with Crippen molar-refractivity contribution in [1.29, 1.82) is 0 Å². The molecule has 1 spiro atoms. The fraction of sp³-hybridized carbons (Fsp3) is 0.737. The van der Waals surface area contributed by atoms with Gasteiger partial charge in [0.15, 0.2) is 0 Å². The summed E-state index contributed by atoms with van der Waals surface area (Å²) in [6, 6.07) is 0.706. The standard InChI is InChI=1S/C19H22F5NO2S/c1-10-6-17(7-11(2)25(10)16(26)19(22,23)24)15-12(3-4-27-17)5-14(28-15)13-8-18(20,21)9-13/h5,10-11,13H,3-4,6-9H2,1-2H3/t10-,11+,17?. The van der Waals surface area contributed by atoms with E-state index >= 15 is 0 Å². The number of carbonyl (C=O) groups is 1.